The van der Waals surface area contributed by atoms with Crippen LogP contribution in [0.4, 0.5) is 0 Å². The molecule has 0 amide bonds. The van der Waals surface area contributed by atoms with E-state index < -0.39 is 0 Å². The molecule has 1 saturated heterocycles. The van der Waals surface area contributed by atoms with Crippen molar-refractivity contribution in [2.45, 2.75) is 77.7 Å². The van der Waals surface area contributed by atoms with Gasteiger partial charge in [0.25, 0.3) is 0 Å². The third-order valence-corrected chi connectivity index (χ3v) is 3.76. The van der Waals surface area contributed by atoms with E-state index >= 15 is 0 Å². The number of hydrogen-bond acceptors (Lipinski definition) is 2. The summed E-state index contributed by atoms with van der Waals surface area (Å²) >= 11 is 0. The van der Waals surface area contributed by atoms with Crippen molar-refractivity contribution in [3.63, 3.8) is 0 Å². The molecular weight excluding hydrogens is 220 g/mol. The first kappa shape index (κ1) is 16.0. The minimum Gasteiger partial charge on any atom is -0.312 e. The van der Waals surface area contributed by atoms with E-state index in [1.807, 2.05) is 0 Å². The highest BCUT2D eigenvalue weighted by molar-refractivity contribution is 4.69. The number of unbranched alkanes of at least 4 members (excludes halogenated alkanes) is 2. The number of likely N-dealkylation sites (tertiary alicyclic amines) is 1. The molecule has 2 heteroatoms. The molecule has 2 nitrogen and oxygen atoms in total. The highest BCUT2D eigenvalue weighted by Gasteiger charge is 2.08. The zero-order valence-corrected chi connectivity index (χ0v) is 12.9. The zero-order chi connectivity index (χ0) is 13.3. The Bertz CT molecular complexity index is 188. The summed E-state index contributed by atoms with van der Waals surface area (Å²) in [7, 11) is 0. The van der Waals surface area contributed by atoms with E-state index in [0.29, 0.717) is 0 Å². The van der Waals surface area contributed by atoms with Gasteiger partial charge in [0.05, 0.1) is 0 Å². The Kier molecular flexibility index (Phi) is 7.92. The molecule has 0 aromatic carbocycles. The van der Waals surface area contributed by atoms with Gasteiger partial charge < -0.3 is 10.2 Å². The second kappa shape index (κ2) is 8.92. The number of nitrogens with one attached hydrogen (secondary N) is 1. The van der Waals surface area contributed by atoms with Crippen molar-refractivity contribution in [2.24, 2.45) is 0 Å². The van der Waals surface area contributed by atoms with E-state index in [2.05, 4.69) is 31.0 Å². The molecule has 0 spiro atoms. The number of rotatable bonds is 6. The molecule has 0 bridgehead atoms. The van der Waals surface area contributed by atoms with Crippen LogP contribution in [0, 0.1) is 0 Å². The van der Waals surface area contributed by atoms with Gasteiger partial charge in [0.1, 0.15) is 0 Å². The van der Waals surface area contributed by atoms with Gasteiger partial charge >= 0.3 is 0 Å². The summed E-state index contributed by atoms with van der Waals surface area (Å²) < 4.78 is 0. The van der Waals surface area contributed by atoms with E-state index in [0.717, 1.165) is 0 Å². The molecule has 1 rings (SSSR count). The van der Waals surface area contributed by atoms with Gasteiger partial charge in [-0.1, -0.05) is 25.7 Å². The molecular formula is C16H34N2. The van der Waals surface area contributed by atoms with Crippen molar-refractivity contribution >= 4 is 0 Å². The molecule has 1 fully saturated rings. The zero-order valence-electron chi connectivity index (χ0n) is 12.9. The minimum atomic E-state index is 0.281. The van der Waals surface area contributed by atoms with Crippen molar-refractivity contribution in [1.29, 1.82) is 0 Å². The van der Waals surface area contributed by atoms with Crippen LogP contribution in [0.5, 0.6) is 0 Å². The summed E-state index contributed by atoms with van der Waals surface area (Å²) in [6.45, 7) is 11.9. The predicted octanol–water partition coefficient (Wildman–Crippen LogP) is 3.81. The molecule has 0 aromatic rings. The van der Waals surface area contributed by atoms with Gasteiger partial charge in [-0.25, -0.2) is 0 Å². The molecule has 1 N–H and O–H groups in total. The van der Waals surface area contributed by atoms with Crippen LogP contribution in [0.3, 0.4) is 0 Å². The first-order chi connectivity index (χ1) is 8.58. The summed E-state index contributed by atoms with van der Waals surface area (Å²) in [5.74, 6) is 0. The Morgan fingerprint density at radius 3 is 2.06 bits per heavy atom. The normalized spacial score (nSPS) is 19.5. The van der Waals surface area contributed by atoms with Gasteiger partial charge in [-0.2, -0.15) is 0 Å². The first-order valence-corrected chi connectivity index (χ1v) is 8.05. The van der Waals surface area contributed by atoms with Crippen LogP contribution < -0.4 is 5.32 Å². The molecule has 108 valence electrons. The second-order valence-electron chi connectivity index (χ2n) is 6.85. The summed E-state index contributed by atoms with van der Waals surface area (Å²) in [5.41, 5.74) is 0.281. The summed E-state index contributed by atoms with van der Waals surface area (Å²) in [6, 6.07) is 0. The van der Waals surface area contributed by atoms with Crippen molar-refractivity contribution in [3.05, 3.63) is 0 Å². The minimum absolute atomic E-state index is 0.281. The monoisotopic (exact) mass is 254 g/mol. The molecule has 0 aliphatic carbocycles. The van der Waals surface area contributed by atoms with Crippen LogP contribution in [-0.4, -0.2) is 36.6 Å². The molecule has 0 unspecified atom stereocenters. The standard InChI is InChI=1S/C16H34N2/c1-16(2,3)17-12-8-7-11-15-18-13-9-5-4-6-10-14-18/h17H,4-15H2,1-3H3. The van der Waals surface area contributed by atoms with Crippen LogP contribution in [0.1, 0.15) is 72.1 Å². The van der Waals surface area contributed by atoms with Crippen molar-refractivity contribution < 1.29 is 0 Å². The third-order valence-electron chi connectivity index (χ3n) is 3.76. The molecule has 1 heterocycles. The Hall–Kier alpha value is -0.0800. The van der Waals surface area contributed by atoms with Gasteiger partial charge in [-0.3, -0.25) is 0 Å². The fraction of sp³-hybridized carbons (Fsp3) is 1.00. The second-order valence-corrected chi connectivity index (χ2v) is 6.85. The quantitative estimate of drug-likeness (QED) is 0.725. The van der Waals surface area contributed by atoms with Gasteiger partial charge in [0.2, 0.25) is 0 Å². The molecule has 0 radical (unpaired) electrons. The lowest BCUT2D eigenvalue weighted by Crippen LogP contribution is -2.36. The van der Waals surface area contributed by atoms with E-state index in [-0.39, 0.29) is 5.54 Å². The molecule has 1 aliphatic heterocycles. The first-order valence-electron chi connectivity index (χ1n) is 8.05. The summed E-state index contributed by atoms with van der Waals surface area (Å²) in [4.78, 5) is 2.69. The van der Waals surface area contributed by atoms with Gasteiger partial charge in [-0.15, -0.1) is 0 Å². The maximum absolute atomic E-state index is 3.56. The lowest BCUT2D eigenvalue weighted by Gasteiger charge is -2.24. The van der Waals surface area contributed by atoms with E-state index in [1.165, 1.54) is 77.5 Å². The Labute approximate surface area is 115 Å². The highest BCUT2D eigenvalue weighted by Crippen LogP contribution is 2.11. The maximum atomic E-state index is 3.56. The van der Waals surface area contributed by atoms with Crippen LogP contribution in [0.2, 0.25) is 0 Å². The summed E-state index contributed by atoms with van der Waals surface area (Å²) in [5, 5.41) is 3.56. The largest absolute Gasteiger partial charge is 0.312 e. The number of nitrogens with zero attached hydrogens (tertiary/aromatic N) is 1. The molecule has 0 saturated carbocycles. The van der Waals surface area contributed by atoms with E-state index in [1.54, 1.807) is 0 Å². The molecule has 0 atom stereocenters. The maximum Gasteiger partial charge on any atom is 0.00965 e. The molecule has 0 aromatic heterocycles. The Balaban J connectivity index is 1.96. The summed E-state index contributed by atoms with van der Waals surface area (Å²) in [6.07, 6.45) is 11.3. The van der Waals surface area contributed by atoms with Crippen LogP contribution in [0.15, 0.2) is 0 Å². The van der Waals surface area contributed by atoms with Crippen molar-refractivity contribution in [3.8, 4) is 0 Å². The van der Waals surface area contributed by atoms with Crippen molar-refractivity contribution in [2.75, 3.05) is 26.2 Å². The third kappa shape index (κ3) is 8.93. The van der Waals surface area contributed by atoms with E-state index in [9.17, 15) is 0 Å². The SMILES string of the molecule is CC(C)(C)NCCCCCN1CCCCCCC1. The Morgan fingerprint density at radius 2 is 1.44 bits per heavy atom. The van der Waals surface area contributed by atoms with Crippen LogP contribution in [-0.2, 0) is 0 Å². The lowest BCUT2D eigenvalue weighted by molar-refractivity contribution is 0.242. The highest BCUT2D eigenvalue weighted by atomic mass is 15.1. The molecule has 1 aliphatic rings. The van der Waals surface area contributed by atoms with Gasteiger partial charge in [0, 0.05) is 5.54 Å². The van der Waals surface area contributed by atoms with Gasteiger partial charge in [-0.05, 0) is 72.6 Å². The van der Waals surface area contributed by atoms with Gasteiger partial charge in [0.15, 0.2) is 0 Å². The fourth-order valence-corrected chi connectivity index (χ4v) is 2.64. The fourth-order valence-electron chi connectivity index (χ4n) is 2.64. The predicted molar refractivity (Wildman–Crippen MR) is 81.1 cm³/mol. The van der Waals surface area contributed by atoms with Crippen LogP contribution in [0.25, 0.3) is 0 Å². The smallest absolute Gasteiger partial charge is 0.00965 e. The lowest BCUT2D eigenvalue weighted by atomic mass is 10.1. The van der Waals surface area contributed by atoms with E-state index in [4.69, 9.17) is 0 Å². The van der Waals surface area contributed by atoms with Crippen LogP contribution >= 0.6 is 0 Å². The molecule has 18 heavy (non-hydrogen) atoms. The topological polar surface area (TPSA) is 15.3 Å². The average molecular weight is 254 g/mol. The average Bonchev–Trinajstić information content (AvgIpc) is 2.23. The van der Waals surface area contributed by atoms with Crippen molar-refractivity contribution in [1.82, 2.24) is 10.2 Å². The Morgan fingerprint density at radius 1 is 0.833 bits per heavy atom. The number of hydrogen-bond donors (Lipinski definition) is 1.